The molecule has 1 rings (SSSR count). The van der Waals surface area contributed by atoms with Crippen LogP contribution in [0.15, 0.2) is 18.2 Å². The first-order valence-corrected chi connectivity index (χ1v) is 6.41. The molecular weight excluding hydrogens is 224 g/mol. The molecule has 0 bridgehead atoms. The van der Waals surface area contributed by atoms with Gasteiger partial charge in [0.05, 0.1) is 0 Å². The summed E-state index contributed by atoms with van der Waals surface area (Å²) >= 11 is 0. The topological polar surface area (TPSA) is 55.1 Å². The molecule has 3 N–H and O–H groups in total. The molecule has 0 atom stereocenters. The van der Waals surface area contributed by atoms with Crippen molar-refractivity contribution in [2.45, 2.75) is 40.7 Å². The van der Waals surface area contributed by atoms with Crippen LogP contribution in [0.5, 0.6) is 0 Å². The fraction of sp³-hybridized carbons (Fsp3) is 0.533. The monoisotopic (exact) mass is 248 g/mol. The van der Waals surface area contributed by atoms with E-state index in [1.807, 2.05) is 13.8 Å². The number of carbonyl (C=O) groups excluding carboxylic acids is 1. The number of carbonyl (C=O) groups is 1. The molecule has 0 spiro atoms. The highest BCUT2D eigenvalue weighted by Gasteiger charge is 2.26. The SMILES string of the molecule is Cc1ccc(CNC(=O)C(C)(C)CCN)cc1C. The van der Waals surface area contributed by atoms with Crippen LogP contribution in [0.3, 0.4) is 0 Å². The number of nitrogens with one attached hydrogen (secondary N) is 1. The molecule has 3 nitrogen and oxygen atoms in total. The minimum Gasteiger partial charge on any atom is -0.352 e. The van der Waals surface area contributed by atoms with Gasteiger partial charge in [-0.2, -0.15) is 0 Å². The smallest absolute Gasteiger partial charge is 0.225 e. The summed E-state index contributed by atoms with van der Waals surface area (Å²) in [5.74, 6) is 0.0613. The largest absolute Gasteiger partial charge is 0.352 e. The summed E-state index contributed by atoms with van der Waals surface area (Å²) in [6.07, 6.45) is 0.700. The Kier molecular flexibility index (Phi) is 4.91. The average Bonchev–Trinajstić information content (AvgIpc) is 2.30. The highest BCUT2D eigenvalue weighted by Crippen LogP contribution is 2.19. The highest BCUT2D eigenvalue weighted by molar-refractivity contribution is 5.81. The Balaban J connectivity index is 2.60. The van der Waals surface area contributed by atoms with Crippen molar-refractivity contribution in [3.63, 3.8) is 0 Å². The van der Waals surface area contributed by atoms with Crippen LogP contribution in [-0.4, -0.2) is 12.5 Å². The van der Waals surface area contributed by atoms with Gasteiger partial charge in [0.15, 0.2) is 0 Å². The quantitative estimate of drug-likeness (QED) is 0.840. The maximum absolute atomic E-state index is 12.0. The van der Waals surface area contributed by atoms with Crippen molar-refractivity contribution >= 4 is 5.91 Å². The summed E-state index contributed by atoms with van der Waals surface area (Å²) in [4.78, 5) is 12.0. The minimum atomic E-state index is -0.394. The van der Waals surface area contributed by atoms with E-state index in [4.69, 9.17) is 5.73 Å². The zero-order valence-electron chi connectivity index (χ0n) is 11.8. The van der Waals surface area contributed by atoms with Crippen LogP contribution < -0.4 is 11.1 Å². The van der Waals surface area contributed by atoms with Crippen LogP contribution in [0.1, 0.15) is 37.0 Å². The van der Waals surface area contributed by atoms with E-state index in [1.165, 1.54) is 11.1 Å². The van der Waals surface area contributed by atoms with Crippen molar-refractivity contribution < 1.29 is 4.79 Å². The van der Waals surface area contributed by atoms with E-state index in [9.17, 15) is 4.79 Å². The lowest BCUT2D eigenvalue weighted by atomic mass is 9.88. The molecule has 1 amide bonds. The van der Waals surface area contributed by atoms with Gasteiger partial charge in [-0.05, 0) is 43.5 Å². The molecule has 0 aliphatic carbocycles. The molecule has 18 heavy (non-hydrogen) atoms. The molecule has 0 aliphatic rings. The molecule has 1 aromatic rings. The van der Waals surface area contributed by atoms with E-state index < -0.39 is 5.41 Å². The molecule has 0 saturated heterocycles. The molecule has 0 radical (unpaired) electrons. The predicted molar refractivity (Wildman–Crippen MR) is 75.2 cm³/mol. The maximum Gasteiger partial charge on any atom is 0.225 e. The van der Waals surface area contributed by atoms with E-state index in [0.29, 0.717) is 19.5 Å². The van der Waals surface area contributed by atoms with E-state index in [1.54, 1.807) is 0 Å². The normalized spacial score (nSPS) is 11.4. The van der Waals surface area contributed by atoms with Crippen LogP contribution in [0.2, 0.25) is 0 Å². The molecule has 0 aliphatic heterocycles. The summed E-state index contributed by atoms with van der Waals surface area (Å²) in [6, 6.07) is 6.26. The van der Waals surface area contributed by atoms with Crippen molar-refractivity contribution in [1.82, 2.24) is 5.32 Å². The van der Waals surface area contributed by atoms with Gasteiger partial charge in [-0.1, -0.05) is 32.0 Å². The molecule has 0 fully saturated rings. The number of rotatable bonds is 5. The average molecular weight is 248 g/mol. The van der Waals surface area contributed by atoms with Gasteiger partial charge in [-0.15, -0.1) is 0 Å². The molecule has 1 aromatic carbocycles. The molecule has 0 aromatic heterocycles. The first-order valence-electron chi connectivity index (χ1n) is 6.41. The van der Waals surface area contributed by atoms with Crippen LogP contribution in [-0.2, 0) is 11.3 Å². The van der Waals surface area contributed by atoms with Gasteiger partial charge in [0.25, 0.3) is 0 Å². The van der Waals surface area contributed by atoms with Crippen molar-refractivity contribution in [2.75, 3.05) is 6.54 Å². The molecular formula is C15H24N2O. The van der Waals surface area contributed by atoms with E-state index in [0.717, 1.165) is 5.56 Å². The summed E-state index contributed by atoms with van der Waals surface area (Å²) in [5, 5.41) is 2.98. The number of aryl methyl sites for hydroxylation is 2. The summed E-state index contributed by atoms with van der Waals surface area (Å²) in [7, 11) is 0. The Labute approximate surface area is 110 Å². The van der Waals surface area contributed by atoms with Crippen LogP contribution in [0.25, 0.3) is 0 Å². The third kappa shape index (κ3) is 3.84. The number of nitrogens with two attached hydrogens (primary N) is 1. The Bertz CT molecular complexity index is 425. The Morgan fingerprint density at radius 2 is 1.94 bits per heavy atom. The molecule has 3 heteroatoms. The van der Waals surface area contributed by atoms with Gasteiger partial charge in [-0.25, -0.2) is 0 Å². The van der Waals surface area contributed by atoms with Gasteiger partial charge in [0.1, 0.15) is 0 Å². The highest BCUT2D eigenvalue weighted by atomic mass is 16.2. The minimum absolute atomic E-state index is 0.0613. The first-order chi connectivity index (χ1) is 8.36. The Morgan fingerprint density at radius 1 is 1.28 bits per heavy atom. The van der Waals surface area contributed by atoms with Gasteiger partial charge in [-0.3, -0.25) is 4.79 Å². The third-order valence-electron chi connectivity index (χ3n) is 3.41. The Morgan fingerprint density at radius 3 is 2.50 bits per heavy atom. The van der Waals surface area contributed by atoms with Crippen LogP contribution >= 0.6 is 0 Å². The Hall–Kier alpha value is -1.35. The molecule has 0 unspecified atom stereocenters. The fourth-order valence-corrected chi connectivity index (χ4v) is 1.81. The standard InChI is InChI=1S/C15H24N2O/c1-11-5-6-13(9-12(11)2)10-17-14(18)15(3,4)7-8-16/h5-6,9H,7-8,10,16H2,1-4H3,(H,17,18). The number of benzene rings is 1. The zero-order valence-corrected chi connectivity index (χ0v) is 11.8. The lowest BCUT2D eigenvalue weighted by Crippen LogP contribution is -2.37. The lowest BCUT2D eigenvalue weighted by molar-refractivity contribution is -0.129. The van der Waals surface area contributed by atoms with Crippen molar-refractivity contribution in [1.29, 1.82) is 0 Å². The van der Waals surface area contributed by atoms with Crippen molar-refractivity contribution in [3.05, 3.63) is 34.9 Å². The second-order valence-electron chi connectivity index (χ2n) is 5.52. The number of hydrogen-bond acceptors (Lipinski definition) is 2. The third-order valence-corrected chi connectivity index (χ3v) is 3.41. The molecule has 0 heterocycles. The second kappa shape index (κ2) is 6.01. The predicted octanol–water partition coefficient (Wildman–Crippen LogP) is 2.29. The van der Waals surface area contributed by atoms with Crippen LogP contribution in [0.4, 0.5) is 0 Å². The molecule has 100 valence electrons. The van der Waals surface area contributed by atoms with E-state index in [-0.39, 0.29) is 5.91 Å². The number of amides is 1. The van der Waals surface area contributed by atoms with E-state index in [2.05, 4.69) is 37.4 Å². The maximum atomic E-state index is 12.0. The van der Waals surface area contributed by atoms with Gasteiger partial charge in [0, 0.05) is 12.0 Å². The van der Waals surface area contributed by atoms with Crippen molar-refractivity contribution in [2.24, 2.45) is 11.1 Å². The van der Waals surface area contributed by atoms with Gasteiger partial charge >= 0.3 is 0 Å². The zero-order chi connectivity index (χ0) is 13.8. The van der Waals surface area contributed by atoms with Gasteiger partial charge < -0.3 is 11.1 Å². The van der Waals surface area contributed by atoms with Crippen LogP contribution in [0, 0.1) is 19.3 Å². The summed E-state index contributed by atoms with van der Waals surface area (Å²) < 4.78 is 0. The summed E-state index contributed by atoms with van der Waals surface area (Å²) in [6.45, 7) is 9.13. The molecule has 0 saturated carbocycles. The lowest BCUT2D eigenvalue weighted by Gasteiger charge is -2.22. The first kappa shape index (κ1) is 14.7. The second-order valence-corrected chi connectivity index (χ2v) is 5.52. The van der Waals surface area contributed by atoms with Crippen molar-refractivity contribution in [3.8, 4) is 0 Å². The summed E-state index contributed by atoms with van der Waals surface area (Å²) in [5.41, 5.74) is 8.78. The van der Waals surface area contributed by atoms with E-state index >= 15 is 0 Å². The fourth-order valence-electron chi connectivity index (χ4n) is 1.81. The number of hydrogen-bond donors (Lipinski definition) is 2. The van der Waals surface area contributed by atoms with Gasteiger partial charge in [0.2, 0.25) is 5.91 Å².